The Kier molecular flexibility index (Phi) is 5.48. The number of benzene rings is 1. The number of carbonyl (C=O) groups excluding carboxylic acids is 2. The summed E-state index contributed by atoms with van der Waals surface area (Å²) >= 11 is 0. The molecule has 0 radical (unpaired) electrons. The van der Waals surface area contributed by atoms with Gasteiger partial charge in [0.15, 0.2) is 0 Å². The molecule has 136 valence electrons. The van der Waals surface area contributed by atoms with Crippen LogP contribution in [0.15, 0.2) is 42.7 Å². The van der Waals surface area contributed by atoms with Crippen molar-refractivity contribution in [2.75, 3.05) is 19.0 Å². The van der Waals surface area contributed by atoms with E-state index >= 15 is 0 Å². The minimum Gasteiger partial charge on any atom is -0.383 e. The predicted octanol–water partition coefficient (Wildman–Crippen LogP) is 2.39. The van der Waals surface area contributed by atoms with Crippen molar-refractivity contribution < 1.29 is 14.3 Å². The van der Waals surface area contributed by atoms with Crippen LogP contribution in [-0.2, 0) is 17.8 Å². The van der Waals surface area contributed by atoms with Crippen LogP contribution in [0.3, 0.4) is 0 Å². The van der Waals surface area contributed by atoms with Crippen LogP contribution in [0.4, 0.5) is 10.5 Å². The number of urea groups is 1. The molecule has 2 aromatic rings. The molecule has 0 aliphatic carbocycles. The fourth-order valence-electron chi connectivity index (χ4n) is 2.87. The summed E-state index contributed by atoms with van der Waals surface area (Å²) in [5.41, 5.74) is 3.36. The molecule has 1 aromatic heterocycles. The molecular weight excluding hydrogens is 332 g/mol. The summed E-state index contributed by atoms with van der Waals surface area (Å²) in [7, 11) is 1.59. The van der Waals surface area contributed by atoms with Crippen LogP contribution in [0.5, 0.6) is 0 Å². The van der Waals surface area contributed by atoms with Gasteiger partial charge in [0.1, 0.15) is 0 Å². The number of methoxy groups -OCH3 is 1. The first-order valence-electron chi connectivity index (χ1n) is 8.44. The molecule has 0 fully saturated rings. The Morgan fingerprint density at radius 1 is 1.19 bits per heavy atom. The lowest BCUT2D eigenvalue weighted by Gasteiger charge is -2.17. The number of amides is 3. The molecule has 7 nitrogen and oxygen atoms in total. The molecule has 1 aliphatic heterocycles. The van der Waals surface area contributed by atoms with Gasteiger partial charge in [-0.25, -0.2) is 4.79 Å². The van der Waals surface area contributed by atoms with Crippen molar-refractivity contribution in [3.8, 4) is 0 Å². The molecule has 1 aromatic carbocycles. The van der Waals surface area contributed by atoms with E-state index in [0.29, 0.717) is 30.9 Å². The molecule has 3 rings (SSSR count). The molecule has 0 saturated heterocycles. The van der Waals surface area contributed by atoms with E-state index < -0.39 is 0 Å². The summed E-state index contributed by atoms with van der Waals surface area (Å²) in [6.07, 6.45) is 3.53. The first-order valence-corrected chi connectivity index (χ1v) is 8.44. The van der Waals surface area contributed by atoms with Gasteiger partial charge in [-0.1, -0.05) is 0 Å². The van der Waals surface area contributed by atoms with E-state index in [2.05, 4.69) is 15.6 Å². The molecule has 1 unspecified atom stereocenters. The molecule has 2 heterocycles. The third kappa shape index (κ3) is 4.18. The molecule has 2 N–H and O–H groups in total. The third-order valence-corrected chi connectivity index (χ3v) is 4.21. The largest absolute Gasteiger partial charge is 0.383 e. The number of rotatable bonds is 5. The number of pyridine rings is 1. The Morgan fingerprint density at radius 3 is 2.62 bits per heavy atom. The lowest BCUT2D eigenvalue weighted by molar-refractivity contribution is 0.0905. The highest BCUT2D eigenvalue weighted by Crippen LogP contribution is 2.22. The first-order chi connectivity index (χ1) is 12.6. The van der Waals surface area contributed by atoms with Crippen molar-refractivity contribution in [2.45, 2.75) is 26.1 Å². The van der Waals surface area contributed by atoms with Crippen LogP contribution >= 0.6 is 0 Å². The zero-order valence-corrected chi connectivity index (χ0v) is 14.9. The number of nitrogens with one attached hydrogen (secondary N) is 2. The fourth-order valence-corrected chi connectivity index (χ4v) is 2.87. The van der Waals surface area contributed by atoms with Gasteiger partial charge in [0.05, 0.1) is 6.61 Å². The second-order valence-corrected chi connectivity index (χ2v) is 6.34. The van der Waals surface area contributed by atoms with Crippen LogP contribution in [0.25, 0.3) is 0 Å². The van der Waals surface area contributed by atoms with E-state index in [9.17, 15) is 9.59 Å². The molecule has 0 bridgehead atoms. The van der Waals surface area contributed by atoms with Gasteiger partial charge >= 0.3 is 6.03 Å². The van der Waals surface area contributed by atoms with Gasteiger partial charge in [-0.05, 0) is 48.4 Å². The molecular formula is C19H22N4O3. The summed E-state index contributed by atoms with van der Waals surface area (Å²) in [4.78, 5) is 30.4. The van der Waals surface area contributed by atoms with Crippen LogP contribution in [0.2, 0.25) is 0 Å². The van der Waals surface area contributed by atoms with Crippen molar-refractivity contribution in [3.05, 3.63) is 59.4 Å². The average molecular weight is 354 g/mol. The van der Waals surface area contributed by atoms with E-state index in [-0.39, 0.29) is 18.0 Å². The number of hydrogen-bond donors (Lipinski definition) is 2. The Morgan fingerprint density at radius 2 is 1.92 bits per heavy atom. The summed E-state index contributed by atoms with van der Waals surface area (Å²) < 4.78 is 5.00. The van der Waals surface area contributed by atoms with E-state index in [1.807, 2.05) is 13.0 Å². The van der Waals surface area contributed by atoms with Crippen molar-refractivity contribution in [2.24, 2.45) is 0 Å². The normalized spacial score (nSPS) is 13.8. The van der Waals surface area contributed by atoms with Crippen molar-refractivity contribution in [1.29, 1.82) is 0 Å². The van der Waals surface area contributed by atoms with E-state index in [1.54, 1.807) is 48.7 Å². The molecule has 3 amide bonds. The van der Waals surface area contributed by atoms with Crippen LogP contribution in [0.1, 0.15) is 28.4 Å². The minimum absolute atomic E-state index is 0.0711. The van der Waals surface area contributed by atoms with Crippen LogP contribution in [0, 0.1) is 0 Å². The third-order valence-electron chi connectivity index (χ3n) is 4.21. The Bertz CT molecular complexity index is 767. The molecule has 1 atom stereocenters. The zero-order chi connectivity index (χ0) is 18.5. The van der Waals surface area contributed by atoms with Gasteiger partial charge in [0, 0.05) is 49.9 Å². The van der Waals surface area contributed by atoms with Crippen molar-refractivity contribution in [3.63, 3.8) is 0 Å². The Labute approximate surface area is 152 Å². The number of carbonyl (C=O) groups is 2. The van der Waals surface area contributed by atoms with Gasteiger partial charge in [0.2, 0.25) is 0 Å². The first kappa shape index (κ1) is 17.9. The number of nitrogens with zero attached hydrogens (tertiary/aromatic N) is 2. The lowest BCUT2D eigenvalue weighted by atomic mass is 10.2. The standard InChI is InChI=1S/C19H22N4O3/c1-13(12-26-2)21-18(24)14-3-5-17(6-4-14)22-19(25)23-10-15-7-8-20-9-16(15)11-23/h3-9,13H,10-12H2,1-2H3,(H,21,24)(H,22,25). The smallest absolute Gasteiger partial charge is 0.322 e. The Hall–Kier alpha value is -2.93. The van der Waals surface area contributed by atoms with E-state index in [0.717, 1.165) is 11.1 Å². The van der Waals surface area contributed by atoms with Gasteiger partial charge in [-0.15, -0.1) is 0 Å². The highest BCUT2D eigenvalue weighted by Gasteiger charge is 2.23. The van der Waals surface area contributed by atoms with Crippen molar-refractivity contribution in [1.82, 2.24) is 15.2 Å². The van der Waals surface area contributed by atoms with Gasteiger partial charge < -0.3 is 20.3 Å². The topological polar surface area (TPSA) is 83.6 Å². The van der Waals surface area contributed by atoms with Gasteiger partial charge in [-0.2, -0.15) is 0 Å². The lowest BCUT2D eigenvalue weighted by Crippen LogP contribution is -2.35. The maximum Gasteiger partial charge on any atom is 0.322 e. The number of hydrogen-bond acceptors (Lipinski definition) is 4. The summed E-state index contributed by atoms with van der Waals surface area (Å²) in [5.74, 6) is -0.171. The number of ether oxygens (including phenoxy) is 1. The zero-order valence-electron chi connectivity index (χ0n) is 14.9. The second kappa shape index (κ2) is 7.97. The predicted molar refractivity (Wildman–Crippen MR) is 97.7 cm³/mol. The maximum absolute atomic E-state index is 12.4. The highest BCUT2D eigenvalue weighted by atomic mass is 16.5. The van der Waals surface area contributed by atoms with Crippen LogP contribution in [-0.4, -0.2) is 41.6 Å². The van der Waals surface area contributed by atoms with Gasteiger partial charge in [-0.3, -0.25) is 9.78 Å². The van der Waals surface area contributed by atoms with Crippen molar-refractivity contribution >= 4 is 17.6 Å². The second-order valence-electron chi connectivity index (χ2n) is 6.34. The summed E-state index contributed by atoms with van der Waals surface area (Å²) in [6, 6.07) is 8.50. The minimum atomic E-state index is -0.174. The number of anilines is 1. The highest BCUT2D eigenvalue weighted by molar-refractivity contribution is 5.95. The Balaban J connectivity index is 1.56. The van der Waals surface area contributed by atoms with E-state index in [4.69, 9.17) is 4.74 Å². The SMILES string of the molecule is COCC(C)NC(=O)c1ccc(NC(=O)N2Cc3ccncc3C2)cc1. The fraction of sp³-hybridized carbons (Fsp3) is 0.316. The number of aromatic nitrogens is 1. The molecule has 26 heavy (non-hydrogen) atoms. The molecule has 1 aliphatic rings. The molecule has 7 heteroatoms. The quantitative estimate of drug-likeness (QED) is 0.864. The average Bonchev–Trinajstić information content (AvgIpc) is 3.07. The number of fused-ring (bicyclic) bond motifs is 1. The molecule has 0 spiro atoms. The maximum atomic E-state index is 12.4. The van der Waals surface area contributed by atoms with Gasteiger partial charge in [0.25, 0.3) is 5.91 Å². The monoisotopic (exact) mass is 354 g/mol. The van der Waals surface area contributed by atoms with Crippen LogP contribution < -0.4 is 10.6 Å². The van der Waals surface area contributed by atoms with E-state index in [1.165, 1.54) is 0 Å². The summed E-state index contributed by atoms with van der Waals surface area (Å²) in [6.45, 7) is 3.45. The molecule has 0 saturated carbocycles. The summed E-state index contributed by atoms with van der Waals surface area (Å²) in [5, 5.41) is 5.71.